The maximum absolute atomic E-state index is 12.8. The number of hydrogen-bond acceptors (Lipinski definition) is 3. The largest absolute Gasteiger partial charge is 0.401 e. The molecule has 1 unspecified atom stereocenters. The number of benzene rings is 1. The third kappa shape index (κ3) is 4.14. The summed E-state index contributed by atoms with van der Waals surface area (Å²) in [5.74, 6) is 0. The lowest BCUT2D eigenvalue weighted by molar-refractivity contribution is -0.146. The number of piperidine rings is 1. The van der Waals surface area contributed by atoms with Crippen LogP contribution in [0.2, 0.25) is 0 Å². The van der Waals surface area contributed by atoms with Crippen molar-refractivity contribution in [2.75, 3.05) is 18.4 Å². The number of aromatic amines is 1. The van der Waals surface area contributed by atoms with Gasteiger partial charge in [0, 0.05) is 31.5 Å². The Labute approximate surface area is 160 Å². The summed E-state index contributed by atoms with van der Waals surface area (Å²) in [4.78, 5) is 16.0. The van der Waals surface area contributed by atoms with Crippen LogP contribution in [-0.2, 0) is 13.1 Å². The zero-order chi connectivity index (χ0) is 19.7. The molecule has 1 saturated heterocycles. The number of rotatable bonds is 3. The van der Waals surface area contributed by atoms with Crippen molar-refractivity contribution >= 4 is 11.7 Å². The van der Waals surface area contributed by atoms with Crippen molar-refractivity contribution in [3.8, 4) is 0 Å². The number of halogens is 3. The SMILES string of the molecule is O=C(Nc1ccc2c(c1)CN(CC(F)(F)F)C2)N1CCCCC1c1ccn[nH]1. The molecule has 3 heterocycles. The quantitative estimate of drug-likeness (QED) is 0.827. The van der Waals surface area contributed by atoms with E-state index in [1.54, 1.807) is 29.3 Å². The molecule has 2 aromatic rings. The molecule has 1 aromatic carbocycles. The van der Waals surface area contributed by atoms with E-state index in [0.717, 1.165) is 36.1 Å². The third-order valence-electron chi connectivity index (χ3n) is 5.29. The molecular formula is C19H22F3N5O. The van der Waals surface area contributed by atoms with E-state index < -0.39 is 12.7 Å². The number of hydrogen-bond donors (Lipinski definition) is 2. The highest BCUT2D eigenvalue weighted by molar-refractivity contribution is 5.89. The van der Waals surface area contributed by atoms with Crippen LogP contribution in [0.25, 0.3) is 0 Å². The van der Waals surface area contributed by atoms with Crippen LogP contribution in [-0.4, -0.2) is 45.3 Å². The Morgan fingerprint density at radius 1 is 1.21 bits per heavy atom. The minimum atomic E-state index is -4.21. The van der Waals surface area contributed by atoms with E-state index in [-0.39, 0.29) is 25.2 Å². The zero-order valence-electron chi connectivity index (χ0n) is 15.3. The van der Waals surface area contributed by atoms with Crippen molar-refractivity contribution in [1.29, 1.82) is 0 Å². The van der Waals surface area contributed by atoms with Crippen LogP contribution in [0.15, 0.2) is 30.5 Å². The topological polar surface area (TPSA) is 64.3 Å². The number of alkyl halides is 3. The summed E-state index contributed by atoms with van der Waals surface area (Å²) in [6, 6.07) is 6.95. The molecule has 150 valence electrons. The normalized spacial score (nSPS) is 20.2. The fourth-order valence-corrected chi connectivity index (χ4v) is 4.05. The van der Waals surface area contributed by atoms with Gasteiger partial charge in [0.15, 0.2) is 0 Å². The Bertz CT molecular complexity index is 837. The first-order valence-corrected chi connectivity index (χ1v) is 9.37. The third-order valence-corrected chi connectivity index (χ3v) is 5.29. The molecule has 0 saturated carbocycles. The van der Waals surface area contributed by atoms with Crippen molar-refractivity contribution in [2.45, 2.75) is 44.6 Å². The number of amides is 2. The smallest absolute Gasteiger partial charge is 0.316 e. The minimum Gasteiger partial charge on any atom is -0.316 e. The van der Waals surface area contributed by atoms with Gasteiger partial charge in [-0.15, -0.1) is 0 Å². The second kappa shape index (κ2) is 7.46. The molecule has 1 atom stereocenters. The first-order chi connectivity index (χ1) is 13.4. The minimum absolute atomic E-state index is 0.0482. The summed E-state index contributed by atoms with van der Waals surface area (Å²) in [5.41, 5.74) is 3.21. The number of fused-ring (bicyclic) bond motifs is 1. The summed E-state index contributed by atoms with van der Waals surface area (Å²) in [6.07, 6.45) is 0.310. The number of carbonyl (C=O) groups is 1. The van der Waals surface area contributed by atoms with E-state index in [1.165, 1.54) is 4.90 Å². The Morgan fingerprint density at radius 3 is 2.79 bits per heavy atom. The van der Waals surface area contributed by atoms with Crippen LogP contribution in [0, 0.1) is 0 Å². The van der Waals surface area contributed by atoms with Crippen molar-refractivity contribution in [3.63, 3.8) is 0 Å². The van der Waals surface area contributed by atoms with Crippen molar-refractivity contribution in [3.05, 3.63) is 47.3 Å². The first-order valence-electron chi connectivity index (χ1n) is 9.37. The van der Waals surface area contributed by atoms with Crippen LogP contribution in [0.5, 0.6) is 0 Å². The Balaban J connectivity index is 1.44. The van der Waals surface area contributed by atoms with Gasteiger partial charge in [0.05, 0.1) is 18.3 Å². The van der Waals surface area contributed by atoms with Gasteiger partial charge in [-0.2, -0.15) is 18.3 Å². The number of likely N-dealkylation sites (tertiary alicyclic amines) is 1. The van der Waals surface area contributed by atoms with Gasteiger partial charge in [0.1, 0.15) is 0 Å². The van der Waals surface area contributed by atoms with E-state index in [9.17, 15) is 18.0 Å². The van der Waals surface area contributed by atoms with Crippen molar-refractivity contribution in [1.82, 2.24) is 20.0 Å². The van der Waals surface area contributed by atoms with Gasteiger partial charge in [-0.1, -0.05) is 6.07 Å². The predicted octanol–water partition coefficient (Wildman–Crippen LogP) is 4.05. The number of carbonyl (C=O) groups excluding carboxylic acids is 1. The van der Waals surface area contributed by atoms with Gasteiger partial charge < -0.3 is 10.2 Å². The first kappa shape index (κ1) is 18.8. The molecule has 0 spiro atoms. The van der Waals surface area contributed by atoms with E-state index in [2.05, 4.69) is 15.5 Å². The summed E-state index contributed by atoms with van der Waals surface area (Å²) >= 11 is 0. The van der Waals surface area contributed by atoms with Crippen molar-refractivity contribution < 1.29 is 18.0 Å². The van der Waals surface area contributed by atoms with Gasteiger partial charge in [-0.05, 0) is 48.6 Å². The van der Waals surface area contributed by atoms with Gasteiger partial charge in [0.2, 0.25) is 0 Å². The highest BCUT2D eigenvalue weighted by atomic mass is 19.4. The highest BCUT2D eigenvalue weighted by Gasteiger charge is 2.33. The van der Waals surface area contributed by atoms with E-state index in [0.29, 0.717) is 12.2 Å². The van der Waals surface area contributed by atoms with Gasteiger partial charge in [-0.25, -0.2) is 4.79 Å². The number of aromatic nitrogens is 2. The summed E-state index contributed by atoms with van der Waals surface area (Å²) < 4.78 is 37.9. The second-order valence-electron chi connectivity index (χ2n) is 7.39. The average Bonchev–Trinajstić information content (AvgIpc) is 3.29. The molecular weight excluding hydrogens is 371 g/mol. The molecule has 2 N–H and O–H groups in total. The maximum Gasteiger partial charge on any atom is 0.401 e. The standard InChI is InChI=1S/C19H22F3N5O/c20-19(21,22)12-26-10-13-4-5-15(9-14(13)11-26)24-18(28)27-8-2-1-3-17(27)16-6-7-23-25-16/h4-7,9,17H,1-3,8,10-12H2,(H,23,25)(H,24,28). The lowest BCUT2D eigenvalue weighted by Gasteiger charge is -2.35. The van der Waals surface area contributed by atoms with Crippen molar-refractivity contribution in [2.24, 2.45) is 0 Å². The molecule has 4 rings (SSSR count). The molecule has 6 nitrogen and oxygen atoms in total. The van der Waals surface area contributed by atoms with E-state index in [1.807, 2.05) is 6.07 Å². The molecule has 2 aliphatic rings. The lowest BCUT2D eigenvalue weighted by atomic mass is 10.00. The Morgan fingerprint density at radius 2 is 2.04 bits per heavy atom. The van der Waals surface area contributed by atoms with Gasteiger partial charge in [0.25, 0.3) is 0 Å². The monoisotopic (exact) mass is 393 g/mol. The van der Waals surface area contributed by atoms with Crippen LogP contribution in [0.1, 0.15) is 42.1 Å². The molecule has 1 aromatic heterocycles. The maximum atomic E-state index is 12.8. The molecule has 0 bridgehead atoms. The van der Waals surface area contributed by atoms with E-state index in [4.69, 9.17) is 0 Å². The summed E-state index contributed by atoms with van der Waals surface area (Å²) in [7, 11) is 0. The number of H-pyrrole nitrogens is 1. The zero-order valence-corrected chi connectivity index (χ0v) is 15.3. The predicted molar refractivity (Wildman–Crippen MR) is 97.5 cm³/mol. The number of nitrogens with zero attached hydrogens (tertiary/aromatic N) is 3. The summed E-state index contributed by atoms with van der Waals surface area (Å²) in [6.45, 7) is 0.235. The molecule has 1 fully saturated rings. The van der Waals surface area contributed by atoms with E-state index >= 15 is 0 Å². The number of anilines is 1. The lowest BCUT2D eigenvalue weighted by Crippen LogP contribution is -2.41. The number of nitrogens with one attached hydrogen (secondary N) is 2. The molecule has 9 heteroatoms. The summed E-state index contributed by atoms with van der Waals surface area (Å²) in [5, 5.41) is 9.83. The fraction of sp³-hybridized carbons (Fsp3) is 0.474. The molecule has 28 heavy (non-hydrogen) atoms. The Kier molecular flexibility index (Phi) is 5.01. The fourth-order valence-electron chi connectivity index (χ4n) is 4.05. The molecule has 2 aliphatic heterocycles. The molecule has 0 aliphatic carbocycles. The highest BCUT2D eigenvalue weighted by Crippen LogP contribution is 2.31. The van der Waals surface area contributed by atoms with Crippen LogP contribution < -0.4 is 5.32 Å². The Hall–Kier alpha value is -2.55. The average molecular weight is 393 g/mol. The van der Waals surface area contributed by atoms with Gasteiger partial charge in [-0.3, -0.25) is 10.00 Å². The van der Waals surface area contributed by atoms with Crippen LogP contribution >= 0.6 is 0 Å². The molecule has 2 amide bonds. The second-order valence-corrected chi connectivity index (χ2v) is 7.39. The molecule has 0 radical (unpaired) electrons. The van der Waals surface area contributed by atoms with Crippen LogP contribution in [0.4, 0.5) is 23.7 Å². The van der Waals surface area contributed by atoms with Gasteiger partial charge >= 0.3 is 12.2 Å². The number of urea groups is 1. The van der Waals surface area contributed by atoms with Crippen LogP contribution in [0.3, 0.4) is 0 Å².